The second-order valence-electron chi connectivity index (χ2n) is 7.40. The van der Waals surface area contributed by atoms with Crippen molar-refractivity contribution >= 4 is 21.4 Å². The summed E-state index contributed by atoms with van der Waals surface area (Å²) in [5.74, 6) is 1.48. The molecule has 0 aliphatic carbocycles. The lowest BCUT2D eigenvalue weighted by Gasteiger charge is -2.26. The molecule has 0 bridgehead atoms. The molecule has 0 saturated carbocycles. The Morgan fingerprint density at radius 3 is 2.53 bits per heavy atom. The van der Waals surface area contributed by atoms with Gasteiger partial charge < -0.3 is 9.73 Å². The van der Waals surface area contributed by atoms with Gasteiger partial charge in [0.05, 0.1) is 17.7 Å². The van der Waals surface area contributed by atoms with Gasteiger partial charge in [0.1, 0.15) is 0 Å². The van der Waals surface area contributed by atoms with Gasteiger partial charge in [0.15, 0.2) is 21.5 Å². The fraction of sp³-hybridized carbons (Fsp3) is 0.273. The topological polar surface area (TPSA) is 92.5 Å². The van der Waals surface area contributed by atoms with Crippen molar-refractivity contribution in [2.45, 2.75) is 13.5 Å². The number of nitrogens with zero attached hydrogens (tertiary/aromatic N) is 2. The lowest BCUT2D eigenvalue weighted by molar-refractivity contribution is 0.102. The second kappa shape index (κ2) is 8.41. The minimum absolute atomic E-state index is 0.191. The van der Waals surface area contributed by atoms with E-state index >= 15 is 0 Å². The van der Waals surface area contributed by atoms with Crippen LogP contribution in [0.2, 0.25) is 0 Å². The summed E-state index contributed by atoms with van der Waals surface area (Å²) < 4.78 is 28.7. The molecule has 1 amide bonds. The first-order valence-electron chi connectivity index (χ1n) is 9.74. The van der Waals surface area contributed by atoms with Gasteiger partial charge in [0, 0.05) is 43.4 Å². The van der Waals surface area contributed by atoms with Gasteiger partial charge in [-0.1, -0.05) is 12.1 Å². The molecule has 1 saturated heterocycles. The van der Waals surface area contributed by atoms with Crippen molar-refractivity contribution in [3.63, 3.8) is 0 Å². The van der Waals surface area contributed by atoms with E-state index in [1.165, 1.54) is 0 Å². The minimum Gasteiger partial charge on any atom is -0.441 e. The summed E-state index contributed by atoms with van der Waals surface area (Å²) in [6, 6.07) is 14.8. The van der Waals surface area contributed by atoms with E-state index in [0.717, 1.165) is 11.1 Å². The summed E-state index contributed by atoms with van der Waals surface area (Å²) in [6.45, 7) is 3.47. The van der Waals surface area contributed by atoms with Crippen molar-refractivity contribution in [3.8, 4) is 11.3 Å². The van der Waals surface area contributed by atoms with Crippen LogP contribution in [0.4, 0.5) is 5.69 Å². The van der Waals surface area contributed by atoms with Gasteiger partial charge in [-0.05, 0) is 42.0 Å². The highest BCUT2D eigenvalue weighted by Crippen LogP contribution is 2.22. The summed E-state index contributed by atoms with van der Waals surface area (Å²) in [4.78, 5) is 18.9. The highest BCUT2D eigenvalue weighted by molar-refractivity contribution is 7.91. The molecule has 1 aliphatic heterocycles. The summed E-state index contributed by atoms with van der Waals surface area (Å²) in [7, 11) is -2.90. The molecule has 8 heteroatoms. The Balaban J connectivity index is 1.39. The van der Waals surface area contributed by atoms with Crippen molar-refractivity contribution < 1.29 is 17.6 Å². The Kier molecular flexibility index (Phi) is 5.69. The number of hydrogen-bond donors (Lipinski definition) is 1. The zero-order valence-electron chi connectivity index (χ0n) is 16.7. The van der Waals surface area contributed by atoms with Gasteiger partial charge in [0.25, 0.3) is 5.91 Å². The van der Waals surface area contributed by atoms with Crippen molar-refractivity contribution in [1.82, 2.24) is 9.88 Å². The highest BCUT2D eigenvalue weighted by Gasteiger charge is 2.21. The Hall–Kier alpha value is -2.97. The van der Waals surface area contributed by atoms with Crippen molar-refractivity contribution in [3.05, 3.63) is 71.7 Å². The van der Waals surface area contributed by atoms with Gasteiger partial charge >= 0.3 is 0 Å². The van der Waals surface area contributed by atoms with Gasteiger partial charge in [0.2, 0.25) is 0 Å². The molecule has 1 fully saturated rings. The molecule has 1 aromatic heterocycles. The number of carbonyl (C=O) groups is 1. The Bertz CT molecular complexity index is 1140. The molecule has 4 rings (SSSR count). The van der Waals surface area contributed by atoms with Crippen LogP contribution in [0.15, 0.2) is 59.1 Å². The smallest absolute Gasteiger partial charge is 0.255 e. The number of carbonyl (C=O) groups excluding carboxylic acids is 1. The molecule has 0 spiro atoms. The normalized spacial score (nSPS) is 16.3. The molecule has 1 aliphatic rings. The third-order valence-corrected chi connectivity index (χ3v) is 6.69. The number of nitrogens with one attached hydrogen (secondary N) is 1. The molecule has 2 heterocycles. The number of aromatic nitrogens is 1. The summed E-state index contributed by atoms with van der Waals surface area (Å²) in [6.07, 6.45) is 1.67. The van der Waals surface area contributed by atoms with Crippen molar-refractivity contribution in [1.29, 1.82) is 0 Å². The third kappa shape index (κ3) is 4.95. The number of oxazole rings is 1. The molecule has 0 atom stereocenters. The van der Waals surface area contributed by atoms with Gasteiger partial charge in [-0.15, -0.1) is 0 Å². The quantitative estimate of drug-likeness (QED) is 0.675. The lowest BCUT2D eigenvalue weighted by atomic mass is 10.1. The number of aryl methyl sites for hydroxylation is 1. The Morgan fingerprint density at radius 1 is 1.13 bits per heavy atom. The summed E-state index contributed by atoms with van der Waals surface area (Å²) in [5, 5.41) is 2.91. The van der Waals surface area contributed by atoms with Crippen LogP contribution in [0.3, 0.4) is 0 Å². The zero-order valence-corrected chi connectivity index (χ0v) is 17.5. The van der Waals surface area contributed by atoms with Crippen LogP contribution in [0, 0.1) is 6.92 Å². The maximum Gasteiger partial charge on any atom is 0.255 e. The van der Waals surface area contributed by atoms with E-state index < -0.39 is 9.84 Å². The molecule has 156 valence electrons. The predicted octanol–water partition coefficient (Wildman–Crippen LogP) is 3.13. The minimum atomic E-state index is -2.90. The van der Waals surface area contributed by atoms with E-state index in [2.05, 4.69) is 15.2 Å². The Morgan fingerprint density at radius 2 is 1.87 bits per heavy atom. The van der Waals surface area contributed by atoms with Crippen LogP contribution in [-0.2, 0) is 16.4 Å². The summed E-state index contributed by atoms with van der Waals surface area (Å²) in [5.41, 5.74) is 3.12. The highest BCUT2D eigenvalue weighted by atomic mass is 32.2. The molecule has 3 aromatic rings. The molecule has 7 nitrogen and oxygen atoms in total. The molecule has 2 aromatic carbocycles. The molecule has 0 radical (unpaired) electrons. The van der Waals surface area contributed by atoms with E-state index in [-0.39, 0.29) is 17.4 Å². The van der Waals surface area contributed by atoms with Gasteiger partial charge in [-0.2, -0.15) is 0 Å². The maximum atomic E-state index is 12.7. The third-order valence-electron chi connectivity index (χ3n) is 5.08. The maximum absolute atomic E-state index is 12.7. The number of rotatable bonds is 5. The van der Waals surface area contributed by atoms with Crippen LogP contribution in [0.1, 0.15) is 21.8 Å². The number of anilines is 1. The van der Waals surface area contributed by atoms with Crippen molar-refractivity contribution in [2.75, 3.05) is 29.9 Å². The van der Waals surface area contributed by atoms with Crippen LogP contribution < -0.4 is 5.32 Å². The zero-order chi connectivity index (χ0) is 21.1. The average molecular weight is 426 g/mol. The largest absolute Gasteiger partial charge is 0.441 e. The van der Waals surface area contributed by atoms with Crippen molar-refractivity contribution in [2.24, 2.45) is 0 Å². The summed E-state index contributed by atoms with van der Waals surface area (Å²) >= 11 is 0. The lowest BCUT2D eigenvalue weighted by Crippen LogP contribution is -2.39. The molecular weight excluding hydrogens is 402 g/mol. The second-order valence-corrected chi connectivity index (χ2v) is 9.71. The van der Waals surface area contributed by atoms with Crippen LogP contribution >= 0.6 is 0 Å². The van der Waals surface area contributed by atoms with Crippen LogP contribution in [0.25, 0.3) is 11.3 Å². The Labute approximate surface area is 175 Å². The SMILES string of the molecule is Cc1ncc(-c2ccc(NC(=O)c3cccc(CN4CCS(=O)(=O)CC4)c3)cc2)o1. The first kappa shape index (κ1) is 20.3. The average Bonchev–Trinajstić information content (AvgIpc) is 3.17. The molecular formula is C22H23N3O4S. The molecule has 0 unspecified atom stereocenters. The van der Waals surface area contributed by atoms with E-state index in [9.17, 15) is 13.2 Å². The first-order chi connectivity index (χ1) is 14.4. The van der Waals surface area contributed by atoms with E-state index in [0.29, 0.717) is 42.5 Å². The van der Waals surface area contributed by atoms with Crippen LogP contribution in [-0.4, -0.2) is 48.8 Å². The van der Waals surface area contributed by atoms with Gasteiger partial charge in [-0.3, -0.25) is 9.69 Å². The molecule has 1 N–H and O–H groups in total. The standard InChI is InChI=1S/C22H23N3O4S/c1-16-23-14-21(29-16)18-5-7-20(8-6-18)24-22(26)19-4-2-3-17(13-19)15-25-9-11-30(27,28)12-10-25/h2-8,13-14H,9-12,15H2,1H3,(H,24,26). The number of benzene rings is 2. The van der Waals surface area contributed by atoms with Gasteiger partial charge in [-0.25, -0.2) is 13.4 Å². The fourth-order valence-electron chi connectivity index (χ4n) is 3.39. The first-order valence-corrected chi connectivity index (χ1v) is 11.6. The van der Waals surface area contributed by atoms with Crippen LogP contribution in [0.5, 0.6) is 0 Å². The monoisotopic (exact) mass is 425 g/mol. The fourth-order valence-corrected chi connectivity index (χ4v) is 4.67. The van der Waals surface area contributed by atoms with E-state index in [1.807, 2.05) is 42.5 Å². The van der Waals surface area contributed by atoms with E-state index in [4.69, 9.17) is 4.42 Å². The van der Waals surface area contributed by atoms with E-state index in [1.54, 1.807) is 19.2 Å². The predicted molar refractivity (Wildman–Crippen MR) is 115 cm³/mol. The number of hydrogen-bond acceptors (Lipinski definition) is 6. The molecule has 30 heavy (non-hydrogen) atoms. The number of sulfone groups is 1. The number of amides is 1.